The highest BCUT2D eigenvalue weighted by Crippen LogP contribution is 2.34. The second-order valence-corrected chi connectivity index (χ2v) is 14.2. The molecule has 0 saturated carbocycles. The number of hydrogen-bond acceptors (Lipinski definition) is 7. The van der Waals surface area contributed by atoms with Crippen LogP contribution in [0.2, 0.25) is 0 Å². The van der Waals surface area contributed by atoms with E-state index in [0.717, 1.165) is 5.56 Å². The minimum Gasteiger partial charge on any atom is -0.458 e. The summed E-state index contributed by atoms with van der Waals surface area (Å²) in [5, 5.41) is 5.31. The van der Waals surface area contributed by atoms with Gasteiger partial charge in [0.05, 0.1) is 6.42 Å². The average molecular weight is 663 g/mol. The van der Waals surface area contributed by atoms with Gasteiger partial charge in [-0.25, -0.2) is 9.59 Å². The van der Waals surface area contributed by atoms with Gasteiger partial charge in [0.1, 0.15) is 29.3 Å². The number of ether oxygens (including phenoxy) is 2. The zero-order valence-electron chi connectivity index (χ0n) is 29.5. The fourth-order valence-electron chi connectivity index (χ4n) is 4.90. The van der Waals surface area contributed by atoms with E-state index >= 15 is 0 Å². The summed E-state index contributed by atoms with van der Waals surface area (Å²) in [5.41, 5.74) is 4.09. The van der Waals surface area contributed by atoms with Crippen LogP contribution in [0.15, 0.2) is 54.6 Å². The number of nitrogens with one attached hydrogen (secondary N) is 2. The molecule has 0 aliphatic heterocycles. The van der Waals surface area contributed by atoms with Crippen molar-refractivity contribution in [3.8, 4) is 12.3 Å². The molecule has 4 N–H and O–H groups in total. The molecule has 4 amide bonds. The Morgan fingerprint density at radius 3 is 1.92 bits per heavy atom. The first-order valence-corrected chi connectivity index (χ1v) is 15.9. The van der Waals surface area contributed by atoms with Gasteiger partial charge in [-0.2, -0.15) is 0 Å². The maximum Gasteiger partial charge on any atom is 0.408 e. The van der Waals surface area contributed by atoms with Gasteiger partial charge in [0.2, 0.25) is 17.7 Å². The van der Waals surface area contributed by atoms with Gasteiger partial charge >= 0.3 is 12.1 Å². The van der Waals surface area contributed by atoms with Crippen molar-refractivity contribution in [1.29, 1.82) is 0 Å². The van der Waals surface area contributed by atoms with Crippen LogP contribution in [0, 0.1) is 12.3 Å². The molecule has 0 saturated heterocycles. The van der Waals surface area contributed by atoms with Gasteiger partial charge in [-0.15, -0.1) is 6.42 Å². The highest BCUT2D eigenvalue weighted by molar-refractivity contribution is 5.96. The van der Waals surface area contributed by atoms with E-state index in [1.807, 2.05) is 37.3 Å². The summed E-state index contributed by atoms with van der Waals surface area (Å²) in [6.45, 7) is 15.4. The van der Waals surface area contributed by atoms with E-state index in [2.05, 4.69) is 16.6 Å². The Bertz CT molecular complexity index is 1500. The van der Waals surface area contributed by atoms with E-state index in [4.69, 9.17) is 21.6 Å². The topological polar surface area (TPSA) is 157 Å². The van der Waals surface area contributed by atoms with Crippen LogP contribution in [0.3, 0.4) is 0 Å². The van der Waals surface area contributed by atoms with E-state index in [-0.39, 0.29) is 6.42 Å². The fraction of sp³-hybridized carbons (Fsp3) is 0.486. The summed E-state index contributed by atoms with van der Waals surface area (Å²) in [6, 6.07) is 11.7. The first kappa shape index (κ1) is 39.3. The van der Waals surface area contributed by atoms with Crippen LogP contribution in [-0.4, -0.2) is 63.5 Å². The molecule has 3 atom stereocenters. The molecule has 0 spiro atoms. The lowest BCUT2D eigenvalue weighted by Gasteiger charge is -2.45. The molecule has 0 aliphatic rings. The second kappa shape index (κ2) is 16.3. The molecule has 11 nitrogen and oxygen atoms in total. The number of carbonyl (C=O) groups excluding carboxylic acids is 5. The maximum atomic E-state index is 14.7. The van der Waals surface area contributed by atoms with E-state index in [9.17, 15) is 24.0 Å². The molecule has 48 heavy (non-hydrogen) atoms. The molecule has 2 aromatic rings. The van der Waals surface area contributed by atoms with E-state index in [0.29, 0.717) is 17.5 Å². The van der Waals surface area contributed by atoms with Crippen LogP contribution in [0.5, 0.6) is 0 Å². The molecule has 0 aromatic heterocycles. The molecule has 260 valence electrons. The minimum atomic E-state index is -1.50. The summed E-state index contributed by atoms with van der Waals surface area (Å²) in [4.78, 5) is 69.2. The van der Waals surface area contributed by atoms with Gasteiger partial charge in [0.15, 0.2) is 0 Å². The minimum absolute atomic E-state index is 0.0978. The Kier molecular flexibility index (Phi) is 13.4. The number of rotatable bonds is 13. The highest BCUT2D eigenvalue weighted by Gasteiger charge is 2.45. The van der Waals surface area contributed by atoms with Gasteiger partial charge in [-0.3, -0.25) is 14.4 Å². The molecule has 0 aliphatic carbocycles. The van der Waals surface area contributed by atoms with Crippen LogP contribution >= 0.6 is 0 Å². The molecule has 2 rings (SSSR count). The van der Waals surface area contributed by atoms with Gasteiger partial charge in [-0.05, 0) is 79.0 Å². The third-order valence-electron chi connectivity index (χ3n) is 7.36. The van der Waals surface area contributed by atoms with Gasteiger partial charge in [-0.1, -0.05) is 61.4 Å². The zero-order valence-corrected chi connectivity index (χ0v) is 29.5. The van der Waals surface area contributed by atoms with Crippen LogP contribution in [0.4, 0.5) is 4.79 Å². The summed E-state index contributed by atoms with van der Waals surface area (Å²) in [5.74, 6) is -0.458. The Balaban J connectivity index is 2.77. The Morgan fingerprint density at radius 1 is 0.833 bits per heavy atom. The molecule has 0 heterocycles. The van der Waals surface area contributed by atoms with Crippen molar-refractivity contribution < 1.29 is 33.4 Å². The Morgan fingerprint density at radius 2 is 1.40 bits per heavy atom. The van der Waals surface area contributed by atoms with Crippen LogP contribution < -0.4 is 16.4 Å². The average Bonchev–Trinajstić information content (AvgIpc) is 2.97. The first-order valence-electron chi connectivity index (χ1n) is 15.9. The lowest BCUT2D eigenvalue weighted by atomic mass is 9.89. The Hall–Kier alpha value is -4.85. The number of nitrogens with two attached hydrogens (primary N) is 1. The van der Waals surface area contributed by atoms with Crippen molar-refractivity contribution in [1.82, 2.24) is 15.5 Å². The van der Waals surface area contributed by atoms with Crippen LogP contribution in [0.1, 0.15) is 97.9 Å². The highest BCUT2D eigenvalue weighted by atomic mass is 16.6. The van der Waals surface area contributed by atoms with E-state index in [1.165, 1.54) is 4.90 Å². The third kappa shape index (κ3) is 11.7. The molecule has 0 radical (unpaired) electrons. The lowest BCUT2D eigenvalue weighted by molar-refractivity contribution is -0.159. The standard InChI is InChI=1S/C37H50N4O7/c1-11-25-20-16-17-21-26(25)30(31(43)39-28(33(45)47-35(3,4)5)22-24-18-14-13-15-19-24)41(37(9,10)12-2)32(44)27(23-29(38)42)40-34(46)48-36(6,7)8/h1,13-21,27-28,30H,12,22-23H2,2-10H3,(H2,38,42)(H,39,43)(H,40,46). The molecule has 11 heteroatoms. The SMILES string of the molecule is C#Cc1ccccc1C(C(=O)NC(Cc1ccccc1)C(=O)OC(C)(C)C)N(C(=O)C(CC(N)=O)NC(=O)OC(C)(C)C)C(C)(C)CC. The lowest BCUT2D eigenvalue weighted by Crippen LogP contribution is -2.61. The van der Waals surface area contributed by atoms with Gasteiger partial charge in [0.25, 0.3) is 0 Å². The molecular weight excluding hydrogens is 612 g/mol. The van der Waals surface area contributed by atoms with Crippen molar-refractivity contribution in [3.05, 3.63) is 71.3 Å². The smallest absolute Gasteiger partial charge is 0.408 e. The number of hydrogen-bond donors (Lipinski definition) is 3. The van der Waals surface area contributed by atoms with Gasteiger partial charge in [0, 0.05) is 17.5 Å². The number of amides is 4. The largest absolute Gasteiger partial charge is 0.458 e. The quantitative estimate of drug-likeness (QED) is 0.210. The number of carbonyl (C=O) groups is 5. The zero-order chi connectivity index (χ0) is 36.4. The van der Waals surface area contributed by atoms with Crippen molar-refractivity contribution in [3.63, 3.8) is 0 Å². The number of benzene rings is 2. The summed E-state index contributed by atoms with van der Waals surface area (Å²) < 4.78 is 11.1. The van der Waals surface area contributed by atoms with Crippen molar-refractivity contribution >= 4 is 29.8 Å². The van der Waals surface area contributed by atoms with Crippen LogP contribution in [0.25, 0.3) is 0 Å². The normalized spacial score (nSPS) is 13.6. The van der Waals surface area contributed by atoms with Crippen molar-refractivity contribution in [2.24, 2.45) is 5.73 Å². The van der Waals surface area contributed by atoms with Crippen molar-refractivity contribution in [2.45, 2.75) is 116 Å². The van der Waals surface area contributed by atoms with Gasteiger partial charge < -0.3 is 30.7 Å². The molecule has 3 unspecified atom stereocenters. The fourth-order valence-corrected chi connectivity index (χ4v) is 4.90. The number of terminal acetylenes is 1. The Labute approximate surface area is 284 Å². The summed E-state index contributed by atoms with van der Waals surface area (Å²) >= 11 is 0. The predicted octanol–water partition coefficient (Wildman–Crippen LogP) is 4.56. The monoisotopic (exact) mass is 662 g/mol. The predicted molar refractivity (Wildman–Crippen MR) is 183 cm³/mol. The summed E-state index contributed by atoms with van der Waals surface area (Å²) in [6.07, 6.45) is 4.80. The van der Waals surface area contributed by atoms with E-state index in [1.54, 1.807) is 79.7 Å². The summed E-state index contributed by atoms with van der Waals surface area (Å²) in [7, 11) is 0. The van der Waals surface area contributed by atoms with Crippen LogP contribution in [-0.2, 0) is 35.1 Å². The number of esters is 1. The molecular formula is C37H50N4O7. The number of alkyl carbamates (subject to hydrolysis) is 1. The second-order valence-electron chi connectivity index (χ2n) is 14.2. The maximum absolute atomic E-state index is 14.7. The number of nitrogens with zero attached hydrogens (tertiary/aromatic N) is 1. The molecule has 0 fully saturated rings. The van der Waals surface area contributed by atoms with Crippen molar-refractivity contribution in [2.75, 3.05) is 0 Å². The third-order valence-corrected chi connectivity index (χ3v) is 7.36. The number of primary amides is 1. The first-order chi connectivity index (χ1) is 22.2. The molecule has 2 aromatic carbocycles. The van der Waals surface area contributed by atoms with E-state index < -0.39 is 71.1 Å². The molecule has 0 bridgehead atoms.